The highest BCUT2D eigenvalue weighted by Crippen LogP contribution is 2.38. The first-order chi connectivity index (χ1) is 16.6. The Morgan fingerprint density at radius 1 is 1.14 bits per heavy atom. The minimum atomic E-state index is -3.94. The second kappa shape index (κ2) is 10.7. The molecule has 1 aromatic rings. The maximum Gasteiger partial charge on any atom is 0.324 e. The molecule has 35 heavy (non-hydrogen) atoms. The van der Waals surface area contributed by atoms with E-state index in [-0.39, 0.29) is 36.2 Å². The molecular formula is C25H36F2N2O5S. The lowest BCUT2D eigenvalue weighted by Gasteiger charge is -2.38. The zero-order chi connectivity index (χ0) is 25.2. The summed E-state index contributed by atoms with van der Waals surface area (Å²) >= 11 is 0. The van der Waals surface area contributed by atoms with E-state index in [0.29, 0.717) is 44.0 Å². The number of sulfonamides is 1. The molecule has 1 saturated heterocycles. The van der Waals surface area contributed by atoms with Gasteiger partial charge in [0.05, 0.1) is 13.7 Å². The SMILES string of the molecule is COC(=O)[C@@H]1CCCN1S(=O)(=O)c1ccc(C)cc1OC[C@@H]1CC[C@@H]1CNC1CCC(F)(F)CC1. The van der Waals surface area contributed by atoms with Crippen LogP contribution in [-0.4, -0.2) is 63.5 Å². The molecule has 2 aliphatic carbocycles. The fraction of sp³-hybridized carbons (Fsp3) is 0.720. The standard InChI is InChI=1S/C25H36F2N2O5S/c1-17-5-8-23(35(31,32)29-13-3-4-21(29)24(30)33-2)22(14-17)34-16-19-7-6-18(19)15-28-20-9-11-25(26,27)12-10-20/h5,8,14,18-21,28H,3-4,6-7,9-13,15-16H2,1-2H3/t18-,19+,21+/m1/s1. The molecular weight excluding hydrogens is 478 g/mol. The highest BCUT2D eigenvalue weighted by molar-refractivity contribution is 7.89. The third kappa shape index (κ3) is 5.97. The van der Waals surface area contributed by atoms with Crippen molar-refractivity contribution in [2.45, 2.75) is 81.2 Å². The van der Waals surface area contributed by atoms with Gasteiger partial charge in [0.25, 0.3) is 0 Å². The lowest BCUT2D eigenvalue weighted by molar-refractivity contribution is -0.144. The van der Waals surface area contributed by atoms with E-state index in [4.69, 9.17) is 9.47 Å². The third-order valence-corrected chi connectivity index (χ3v) is 9.72. The summed E-state index contributed by atoms with van der Waals surface area (Å²) in [5.41, 5.74) is 0.880. The summed E-state index contributed by atoms with van der Waals surface area (Å²) < 4.78 is 65.9. The van der Waals surface area contributed by atoms with Crippen molar-refractivity contribution < 1.29 is 31.5 Å². The number of ether oxygens (including phenoxy) is 2. The fourth-order valence-corrected chi connectivity index (χ4v) is 7.11. The van der Waals surface area contributed by atoms with Crippen LogP contribution in [0.4, 0.5) is 8.78 Å². The number of methoxy groups -OCH3 is 1. The van der Waals surface area contributed by atoms with Crippen molar-refractivity contribution in [3.8, 4) is 5.75 Å². The lowest BCUT2D eigenvalue weighted by atomic mass is 9.74. The molecule has 3 atom stereocenters. The van der Waals surface area contributed by atoms with Crippen LogP contribution in [0.1, 0.15) is 56.9 Å². The quantitative estimate of drug-likeness (QED) is 0.504. The van der Waals surface area contributed by atoms with E-state index < -0.39 is 28.0 Å². The number of aryl methyl sites for hydroxylation is 1. The molecule has 1 N–H and O–H groups in total. The molecule has 1 aliphatic heterocycles. The molecule has 3 aliphatic rings. The number of rotatable bonds is 9. The molecule has 0 bridgehead atoms. The van der Waals surface area contributed by atoms with Crippen LogP contribution < -0.4 is 10.1 Å². The first kappa shape index (κ1) is 26.3. The van der Waals surface area contributed by atoms with E-state index in [0.717, 1.165) is 24.9 Å². The summed E-state index contributed by atoms with van der Waals surface area (Å²) in [7, 11) is -2.68. The van der Waals surface area contributed by atoms with Gasteiger partial charge in [0.1, 0.15) is 16.7 Å². The van der Waals surface area contributed by atoms with Crippen molar-refractivity contribution in [1.29, 1.82) is 0 Å². The molecule has 196 valence electrons. The topological polar surface area (TPSA) is 84.9 Å². The van der Waals surface area contributed by atoms with Gasteiger partial charge in [0.2, 0.25) is 15.9 Å². The first-order valence-electron chi connectivity index (χ1n) is 12.5. The summed E-state index contributed by atoms with van der Waals surface area (Å²) in [6.07, 6.45) is 3.93. The number of alkyl halides is 2. The molecule has 1 aromatic carbocycles. The molecule has 4 rings (SSSR count). The van der Waals surface area contributed by atoms with Gasteiger partial charge in [0.15, 0.2) is 0 Å². The highest BCUT2D eigenvalue weighted by Gasteiger charge is 2.42. The van der Waals surface area contributed by atoms with Crippen molar-refractivity contribution in [3.05, 3.63) is 23.8 Å². The van der Waals surface area contributed by atoms with E-state index in [9.17, 15) is 22.0 Å². The van der Waals surface area contributed by atoms with E-state index in [1.807, 2.05) is 6.92 Å². The number of hydrogen-bond acceptors (Lipinski definition) is 6. The smallest absolute Gasteiger partial charge is 0.324 e. The maximum atomic E-state index is 13.5. The molecule has 0 amide bonds. The molecule has 2 saturated carbocycles. The summed E-state index contributed by atoms with van der Waals surface area (Å²) in [6.45, 7) is 3.29. The largest absolute Gasteiger partial charge is 0.492 e. The molecule has 1 heterocycles. The third-order valence-electron chi connectivity index (χ3n) is 7.78. The monoisotopic (exact) mass is 514 g/mol. The van der Waals surface area contributed by atoms with E-state index in [2.05, 4.69) is 5.32 Å². The number of carbonyl (C=O) groups is 1. The highest BCUT2D eigenvalue weighted by atomic mass is 32.2. The Bertz CT molecular complexity index is 1010. The number of esters is 1. The van der Waals surface area contributed by atoms with E-state index in [1.165, 1.54) is 11.4 Å². The normalized spacial score (nSPS) is 27.4. The number of nitrogens with one attached hydrogen (secondary N) is 1. The Morgan fingerprint density at radius 3 is 2.51 bits per heavy atom. The van der Waals surface area contributed by atoms with Crippen LogP contribution in [0.25, 0.3) is 0 Å². The van der Waals surface area contributed by atoms with Crippen LogP contribution in [0.5, 0.6) is 5.75 Å². The van der Waals surface area contributed by atoms with Gasteiger partial charge >= 0.3 is 5.97 Å². The van der Waals surface area contributed by atoms with Gasteiger partial charge in [-0.25, -0.2) is 17.2 Å². The number of carbonyl (C=O) groups excluding carboxylic acids is 1. The molecule has 3 fully saturated rings. The van der Waals surface area contributed by atoms with Gasteiger partial charge in [-0.05, 0) is 81.5 Å². The van der Waals surface area contributed by atoms with Crippen LogP contribution in [0.15, 0.2) is 23.1 Å². The lowest BCUT2D eigenvalue weighted by Crippen LogP contribution is -2.44. The zero-order valence-electron chi connectivity index (χ0n) is 20.5. The number of halogens is 2. The van der Waals surface area contributed by atoms with Crippen LogP contribution in [0.3, 0.4) is 0 Å². The second-order valence-electron chi connectivity index (χ2n) is 10.2. The minimum Gasteiger partial charge on any atom is -0.492 e. The molecule has 10 heteroatoms. The van der Waals surface area contributed by atoms with Gasteiger partial charge in [0, 0.05) is 25.4 Å². The van der Waals surface area contributed by atoms with Crippen molar-refractivity contribution >= 4 is 16.0 Å². The minimum absolute atomic E-state index is 0.0552. The van der Waals surface area contributed by atoms with Gasteiger partial charge in [-0.2, -0.15) is 4.31 Å². The average molecular weight is 515 g/mol. The summed E-state index contributed by atoms with van der Waals surface area (Å²) in [6, 6.07) is 4.32. The summed E-state index contributed by atoms with van der Waals surface area (Å²) in [5.74, 6) is -2.12. The number of benzene rings is 1. The predicted octanol–water partition coefficient (Wildman–Crippen LogP) is 3.89. The van der Waals surface area contributed by atoms with Crippen molar-refractivity contribution in [2.75, 3.05) is 26.8 Å². The zero-order valence-corrected chi connectivity index (χ0v) is 21.3. The Hall–Kier alpha value is -1.78. The Balaban J connectivity index is 1.38. The molecule has 0 spiro atoms. The Labute approximate surface area is 206 Å². The predicted molar refractivity (Wildman–Crippen MR) is 127 cm³/mol. The van der Waals surface area contributed by atoms with Crippen LogP contribution >= 0.6 is 0 Å². The van der Waals surface area contributed by atoms with Crippen molar-refractivity contribution in [2.24, 2.45) is 11.8 Å². The van der Waals surface area contributed by atoms with Crippen LogP contribution in [0, 0.1) is 18.8 Å². The van der Waals surface area contributed by atoms with Crippen molar-refractivity contribution in [1.82, 2.24) is 9.62 Å². The second-order valence-corrected chi connectivity index (χ2v) is 12.1. The summed E-state index contributed by atoms with van der Waals surface area (Å²) in [5, 5.41) is 3.46. The number of hydrogen-bond donors (Lipinski definition) is 1. The fourth-order valence-electron chi connectivity index (χ4n) is 5.35. The van der Waals surface area contributed by atoms with Gasteiger partial charge in [-0.3, -0.25) is 4.79 Å². The molecule has 0 radical (unpaired) electrons. The van der Waals surface area contributed by atoms with Crippen LogP contribution in [-0.2, 0) is 19.6 Å². The van der Waals surface area contributed by atoms with Crippen molar-refractivity contribution in [3.63, 3.8) is 0 Å². The van der Waals surface area contributed by atoms with Gasteiger partial charge in [-0.1, -0.05) is 6.07 Å². The Morgan fingerprint density at radius 2 is 1.86 bits per heavy atom. The van der Waals surface area contributed by atoms with E-state index in [1.54, 1.807) is 18.2 Å². The Kier molecular flexibility index (Phi) is 8.02. The first-order valence-corrected chi connectivity index (χ1v) is 14.0. The average Bonchev–Trinajstić information content (AvgIpc) is 3.30. The van der Waals surface area contributed by atoms with Gasteiger partial charge < -0.3 is 14.8 Å². The maximum absolute atomic E-state index is 13.5. The summed E-state index contributed by atoms with van der Waals surface area (Å²) in [4.78, 5) is 12.2. The number of nitrogens with zero attached hydrogens (tertiary/aromatic N) is 1. The molecule has 7 nitrogen and oxygen atoms in total. The van der Waals surface area contributed by atoms with Crippen LogP contribution in [0.2, 0.25) is 0 Å². The molecule has 0 aromatic heterocycles. The molecule has 0 unspecified atom stereocenters. The van der Waals surface area contributed by atoms with E-state index >= 15 is 0 Å². The van der Waals surface area contributed by atoms with Gasteiger partial charge in [-0.15, -0.1) is 0 Å².